The Labute approximate surface area is 105 Å². The molecule has 0 saturated heterocycles. The molecule has 0 bridgehead atoms. The average molecular weight is 253 g/mol. The van der Waals surface area contributed by atoms with Gasteiger partial charge in [0.1, 0.15) is 11.9 Å². The number of rotatable bonds is 5. The van der Waals surface area contributed by atoms with Crippen molar-refractivity contribution in [1.82, 2.24) is 5.32 Å². The van der Waals surface area contributed by atoms with Crippen molar-refractivity contribution in [3.05, 3.63) is 29.8 Å². The van der Waals surface area contributed by atoms with E-state index in [1.165, 1.54) is 5.56 Å². The van der Waals surface area contributed by atoms with Gasteiger partial charge in [-0.25, -0.2) is 0 Å². The summed E-state index contributed by atoms with van der Waals surface area (Å²) >= 11 is 0. The van der Waals surface area contributed by atoms with Crippen LogP contribution in [0.15, 0.2) is 24.3 Å². The summed E-state index contributed by atoms with van der Waals surface area (Å²) in [6.45, 7) is 3.59. The molecule has 1 N–H and O–H groups in total. The average Bonchev–Trinajstić information content (AvgIpc) is 2.71. The number of hydrogen-bond donors (Lipinski definition) is 1. The van der Waals surface area contributed by atoms with Gasteiger partial charge in [0.15, 0.2) is 0 Å². The van der Waals surface area contributed by atoms with E-state index in [1.807, 2.05) is 25.1 Å². The molecule has 0 aliphatic carbocycles. The number of ether oxygens (including phenoxy) is 1. The van der Waals surface area contributed by atoms with Crippen molar-refractivity contribution in [2.45, 2.75) is 24.7 Å². The minimum absolute atomic E-state index is 0.193. The molecule has 17 heavy (non-hydrogen) atoms. The van der Waals surface area contributed by atoms with Gasteiger partial charge in [-0.15, -0.1) is 0 Å². The molecule has 3 nitrogen and oxygen atoms in total. The summed E-state index contributed by atoms with van der Waals surface area (Å²) in [5, 5.41) is 3.52. The maximum atomic E-state index is 11.2. The highest BCUT2D eigenvalue weighted by Crippen LogP contribution is 2.27. The molecule has 4 heteroatoms. The number of hydrogen-bond acceptors (Lipinski definition) is 3. The van der Waals surface area contributed by atoms with Gasteiger partial charge in [-0.05, 0) is 18.6 Å². The van der Waals surface area contributed by atoms with E-state index in [2.05, 4.69) is 11.4 Å². The van der Waals surface area contributed by atoms with Crippen molar-refractivity contribution in [3.8, 4) is 5.75 Å². The van der Waals surface area contributed by atoms with E-state index in [4.69, 9.17) is 4.74 Å². The first-order valence-electron chi connectivity index (χ1n) is 5.94. The molecule has 0 fully saturated rings. The van der Waals surface area contributed by atoms with Crippen molar-refractivity contribution in [1.29, 1.82) is 0 Å². The smallest absolute Gasteiger partial charge is 0.123 e. The molecule has 0 spiro atoms. The Bertz CT molecular complexity index is 383. The van der Waals surface area contributed by atoms with Crippen LogP contribution < -0.4 is 10.1 Å². The molecule has 94 valence electrons. The summed E-state index contributed by atoms with van der Waals surface area (Å²) in [7, 11) is -0.757. The molecule has 0 radical (unpaired) electrons. The highest BCUT2D eigenvalue weighted by atomic mass is 32.2. The van der Waals surface area contributed by atoms with Gasteiger partial charge < -0.3 is 10.1 Å². The number of fused-ring (bicyclic) bond motifs is 1. The second-order valence-electron chi connectivity index (χ2n) is 4.52. The van der Waals surface area contributed by atoms with E-state index in [-0.39, 0.29) is 11.4 Å². The standard InChI is InChI=1S/C13H19NO2S/c1-10(17(2)15)8-14-9-12-7-11-5-3-4-6-13(11)16-12/h3-6,10,12,14H,7-9H2,1-2H3. The fourth-order valence-electron chi connectivity index (χ4n) is 1.93. The van der Waals surface area contributed by atoms with E-state index in [0.29, 0.717) is 0 Å². The van der Waals surface area contributed by atoms with Crippen LogP contribution in [-0.2, 0) is 17.2 Å². The molecule has 1 heterocycles. The normalized spacial score (nSPS) is 21.6. The van der Waals surface area contributed by atoms with Gasteiger partial charge in [-0.2, -0.15) is 0 Å². The Balaban J connectivity index is 1.75. The van der Waals surface area contributed by atoms with Gasteiger partial charge >= 0.3 is 0 Å². The number of benzene rings is 1. The van der Waals surface area contributed by atoms with Gasteiger partial charge in [0.2, 0.25) is 0 Å². The monoisotopic (exact) mass is 253 g/mol. The predicted molar refractivity (Wildman–Crippen MR) is 71.0 cm³/mol. The number of para-hydroxylation sites is 1. The molecule has 0 saturated carbocycles. The fraction of sp³-hybridized carbons (Fsp3) is 0.538. The Hall–Kier alpha value is -0.870. The largest absolute Gasteiger partial charge is 0.488 e. The van der Waals surface area contributed by atoms with Crippen LogP contribution in [0.3, 0.4) is 0 Å². The summed E-state index contributed by atoms with van der Waals surface area (Å²) in [4.78, 5) is 0. The molecule has 1 aliphatic rings. The molecular formula is C13H19NO2S. The van der Waals surface area contributed by atoms with Gasteiger partial charge in [0, 0.05) is 41.8 Å². The van der Waals surface area contributed by atoms with Crippen molar-refractivity contribution in [3.63, 3.8) is 0 Å². The van der Waals surface area contributed by atoms with Crippen LogP contribution in [0.5, 0.6) is 5.75 Å². The lowest BCUT2D eigenvalue weighted by atomic mass is 10.1. The second-order valence-corrected chi connectivity index (χ2v) is 6.32. The first-order valence-corrected chi connectivity index (χ1v) is 7.56. The summed E-state index contributed by atoms with van der Waals surface area (Å²) < 4.78 is 17.0. The first kappa shape index (κ1) is 12.6. The molecule has 0 amide bonds. The lowest BCUT2D eigenvalue weighted by molar-refractivity contribution is 0.228. The SMILES string of the molecule is CC(CNCC1Cc2ccccc2O1)S(C)=O. The second kappa shape index (κ2) is 5.65. The molecular weight excluding hydrogens is 234 g/mol. The molecule has 1 aliphatic heterocycles. The molecule has 1 aromatic rings. The summed E-state index contributed by atoms with van der Waals surface area (Å²) in [5.41, 5.74) is 1.28. The van der Waals surface area contributed by atoms with Crippen LogP contribution in [0.2, 0.25) is 0 Å². The minimum Gasteiger partial charge on any atom is -0.488 e. The highest BCUT2D eigenvalue weighted by Gasteiger charge is 2.21. The molecule has 3 atom stereocenters. The van der Waals surface area contributed by atoms with Crippen molar-refractivity contribution < 1.29 is 8.95 Å². The maximum Gasteiger partial charge on any atom is 0.123 e. The molecule has 2 rings (SSSR count). The lowest BCUT2D eigenvalue weighted by Gasteiger charge is -2.14. The highest BCUT2D eigenvalue weighted by molar-refractivity contribution is 7.84. The maximum absolute atomic E-state index is 11.2. The Morgan fingerprint density at radius 3 is 3.00 bits per heavy atom. The van der Waals surface area contributed by atoms with Crippen LogP contribution in [0.1, 0.15) is 12.5 Å². The van der Waals surface area contributed by atoms with Crippen LogP contribution in [0.25, 0.3) is 0 Å². The third-order valence-electron chi connectivity index (χ3n) is 3.08. The zero-order valence-corrected chi connectivity index (χ0v) is 11.1. The predicted octanol–water partition coefficient (Wildman–Crippen LogP) is 1.35. The summed E-state index contributed by atoms with van der Waals surface area (Å²) in [5.74, 6) is 1.01. The van der Waals surface area contributed by atoms with E-state index in [1.54, 1.807) is 6.26 Å². The van der Waals surface area contributed by atoms with Crippen molar-refractivity contribution in [2.75, 3.05) is 19.3 Å². The molecule has 0 aromatic heterocycles. The third-order valence-corrected chi connectivity index (χ3v) is 4.38. The van der Waals surface area contributed by atoms with Crippen molar-refractivity contribution in [2.24, 2.45) is 0 Å². The van der Waals surface area contributed by atoms with Gasteiger partial charge in [-0.3, -0.25) is 4.21 Å². The molecule has 3 unspecified atom stereocenters. The van der Waals surface area contributed by atoms with Crippen LogP contribution >= 0.6 is 0 Å². The summed E-state index contributed by atoms with van der Waals surface area (Å²) in [6, 6.07) is 8.16. The van der Waals surface area contributed by atoms with Crippen LogP contribution in [-0.4, -0.2) is 34.9 Å². The quantitative estimate of drug-likeness (QED) is 0.861. The van der Waals surface area contributed by atoms with Crippen LogP contribution in [0, 0.1) is 0 Å². The zero-order chi connectivity index (χ0) is 12.3. The van der Waals surface area contributed by atoms with E-state index in [0.717, 1.165) is 25.3 Å². The van der Waals surface area contributed by atoms with E-state index in [9.17, 15) is 4.21 Å². The van der Waals surface area contributed by atoms with E-state index < -0.39 is 10.8 Å². The Morgan fingerprint density at radius 2 is 2.29 bits per heavy atom. The fourth-order valence-corrected chi connectivity index (χ4v) is 2.29. The zero-order valence-electron chi connectivity index (χ0n) is 10.3. The number of nitrogens with one attached hydrogen (secondary N) is 1. The van der Waals surface area contributed by atoms with Crippen molar-refractivity contribution >= 4 is 10.8 Å². The first-order chi connectivity index (χ1) is 8.16. The third kappa shape index (κ3) is 3.30. The van der Waals surface area contributed by atoms with E-state index >= 15 is 0 Å². The lowest BCUT2D eigenvalue weighted by Crippen LogP contribution is -2.35. The van der Waals surface area contributed by atoms with Gasteiger partial charge in [0.25, 0.3) is 0 Å². The Morgan fingerprint density at radius 1 is 1.53 bits per heavy atom. The molecule has 1 aromatic carbocycles. The minimum atomic E-state index is -0.757. The van der Waals surface area contributed by atoms with Crippen LogP contribution in [0.4, 0.5) is 0 Å². The summed E-state index contributed by atoms with van der Waals surface area (Å²) in [6.07, 6.45) is 2.92. The van der Waals surface area contributed by atoms with Gasteiger partial charge in [-0.1, -0.05) is 18.2 Å². The Kier molecular flexibility index (Phi) is 4.18. The van der Waals surface area contributed by atoms with Gasteiger partial charge in [0.05, 0.1) is 0 Å². The topological polar surface area (TPSA) is 38.3 Å².